The van der Waals surface area contributed by atoms with Crippen LogP contribution < -0.4 is 0 Å². The normalized spacial score (nSPS) is 9.81. The van der Waals surface area contributed by atoms with Gasteiger partial charge in [0.25, 0.3) is 5.69 Å². The van der Waals surface area contributed by atoms with E-state index in [1.165, 1.54) is 12.1 Å². The molecule has 0 bridgehead atoms. The Morgan fingerprint density at radius 3 is 2.44 bits per heavy atom. The Kier molecular flexibility index (Phi) is 3.94. The first-order chi connectivity index (χ1) is 7.60. The number of nitro benzene ring substituents is 1. The maximum absolute atomic E-state index is 10.3. The van der Waals surface area contributed by atoms with Crippen LogP contribution in [-0.4, -0.2) is 10.7 Å². The largest absolute Gasteiger partial charge is 0.295 e. The fraction of sp³-hybridized carbons (Fsp3) is 0.250. The number of hydrogen-bond donors (Lipinski definition) is 0. The summed E-state index contributed by atoms with van der Waals surface area (Å²) in [7, 11) is 0. The predicted octanol–water partition coefficient (Wildman–Crippen LogP) is 3.12. The molecule has 0 saturated heterocycles. The highest BCUT2D eigenvalue weighted by Crippen LogP contribution is 2.42. The molecule has 4 heteroatoms. The van der Waals surface area contributed by atoms with Gasteiger partial charge in [0.2, 0.25) is 0 Å². The van der Waals surface area contributed by atoms with Crippen LogP contribution in [0, 0.1) is 10.1 Å². The van der Waals surface area contributed by atoms with E-state index in [4.69, 9.17) is 0 Å². The monoisotopic (exact) mass is 219 g/mol. The molecule has 0 saturated carbocycles. The number of carbonyl (C=O) groups is 1. The van der Waals surface area contributed by atoms with Gasteiger partial charge in [0.1, 0.15) is 0 Å². The topological polar surface area (TPSA) is 60.2 Å². The third-order valence-corrected chi connectivity index (χ3v) is 2.14. The first-order valence-electron chi connectivity index (χ1n) is 5.04. The summed E-state index contributed by atoms with van der Waals surface area (Å²) in [5, 5.41) is 10.1. The summed E-state index contributed by atoms with van der Waals surface area (Å²) in [6, 6.07) is 5.09. The van der Waals surface area contributed by atoms with Gasteiger partial charge in [-0.15, -0.1) is 0 Å². The zero-order valence-electron chi connectivity index (χ0n) is 9.10. The molecule has 0 spiro atoms. The van der Waals surface area contributed by atoms with Crippen molar-refractivity contribution in [2.24, 2.45) is 0 Å². The zero-order valence-corrected chi connectivity index (χ0v) is 9.10. The third-order valence-electron chi connectivity index (χ3n) is 2.14. The van der Waals surface area contributed by atoms with Crippen LogP contribution in [0.4, 0.5) is 5.69 Å². The summed E-state index contributed by atoms with van der Waals surface area (Å²) in [6.07, 6.45) is 2.93. The van der Waals surface area contributed by atoms with Crippen LogP contribution >= 0.6 is 0 Å². The van der Waals surface area contributed by atoms with Gasteiger partial charge in [-0.3, -0.25) is 14.9 Å². The maximum Gasteiger partial charge on any atom is 0.277 e. The minimum Gasteiger partial charge on any atom is -0.295 e. The van der Waals surface area contributed by atoms with Crippen LogP contribution in [0.2, 0.25) is 0 Å². The van der Waals surface area contributed by atoms with Crippen molar-refractivity contribution in [1.29, 1.82) is 0 Å². The number of allylic oxidation sites excluding steroid dienone is 1. The second-order valence-electron chi connectivity index (χ2n) is 3.41. The van der Waals surface area contributed by atoms with E-state index in [9.17, 15) is 14.9 Å². The highest BCUT2D eigenvalue weighted by molar-refractivity contribution is 5.89. The maximum atomic E-state index is 10.3. The fourth-order valence-corrected chi connectivity index (χ4v) is 1.25. The first-order valence-corrected chi connectivity index (χ1v) is 5.04. The van der Waals surface area contributed by atoms with Crippen LogP contribution in [-0.2, 0) is 4.79 Å². The fourth-order valence-electron chi connectivity index (χ4n) is 1.25. The molecule has 0 aromatic carbocycles. The van der Waals surface area contributed by atoms with E-state index in [2.05, 4.69) is 6.58 Å². The molecule has 0 aliphatic heterocycles. The van der Waals surface area contributed by atoms with E-state index in [1.54, 1.807) is 12.1 Å². The SMILES string of the molecule is C=CC(=O)CCC.O=[N+]([O-])c1ccc2cc1-2. The number of nitro groups is 1. The molecule has 0 amide bonds. The number of benzene rings is 1. The predicted molar refractivity (Wildman–Crippen MR) is 62.2 cm³/mol. The smallest absolute Gasteiger partial charge is 0.277 e. The Labute approximate surface area is 93.7 Å². The van der Waals surface area contributed by atoms with Gasteiger partial charge in [0.05, 0.1) is 10.5 Å². The van der Waals surface area contributed by atoms with Crippen molar-refractivity contribution < 1.29 is 9.72 Å². The molecular weight excluding hydrogens is 206 g/mol. The summed E-state index contributed by atoms with van der Waals surface area (Å²) in [5.41, 5.74) is 2.06. The van der Waals surface area contributed by atoms with E-state index in [-0.39, 0.29) is 16.4 Å². The van der Waals surface area contributed by atoms with Crippen molar-refractivity contribution in [3.05, 3.63) is 41.0 Å². The average molecular weight is 219 g/mol. The molecule has 84 valence electrons. The number of hydrogen-bond acceptors (Lipinski definition) is 3. The third kappa shape index (κ3) is 3.02. The molecule has 0 radical (unpaired) electrons. The van der Waals surface area contributed by atoms with Crippen molar-refractivity contribution in [1.82, 2.24) is 0 Å². The minimum atomic E-state index is -0.359. The molecule has 0 heterocycles. The lowest BCUT2D eigenvalue weighted by Gasteiger charge is -1.82. The summed E-state index contributed by atoms with van der Waals surface area (Å²) in [6.45, 7) is 5.30. The van der Waals surface area contributed by atoms with Gasteiger partial charge < -0.3 is 0 Å². The average Bonchev–Trinajstić information content (AvgIpc) is 2.90. The number of nitrogens with zero attached hydrogens (tertiary/aromatic N) is 1. The summed E-state index contributed by atoms with van der Waals surface area (Å²) in [4.78, 5) is 20.0. The molecule has 0 unspecified atom stereocenters. The van der Waals surface area contributed by atoms with Gasteiger partial charge in [-0.25, -0.2) is 0 Å². The lowest BCUT2D eigenvalue weighted by Crippen LogP contribution is -1.87. The van der Waals surface area contributed by atoms with Gasteiger partial charge in [0.15, 0.2) is 5.78 Å². The molecule has 2 aliphatic carbocycles. The van der Waals surface area contributed by atoms with Crippen molar-refractivity contribution in [2.45, 2.75) is 19.8 Å². The number of ketones is 1. The van der Waals surface area contributed by atoms with E-state index in [0.717, 1.165) is 17.5 Å². The minimum absolute atomic E-state index is 0.141. The Morgan fingerprint density at radius 2 is 2.25 bits per heavy atom. The molecule has 4 nitrogen and oxygen atoms in total. The van der Waals surface area contributed by atoms with Crippen LogP contribution in [0.25, 0.3) is 11.1 Å². The Balaban J connectivity index is 0.000000168. The second kappa shape index (κ2) is 5.21. The Morgan fingerprint density at radius 1 is 1.56 bits per heavy atom. The summed E-state index contributed by atoms with van der Waals surface area (Å²) in [5.74, 6) is 0.141. The van der Waals surface area contributed by atoms with Gasteiger partial charge in [-0.05, 0) is 30.2 Å². The highest BCUT2D eigenvalue weighted by atomic mass is 16.6. The van der Waals surface area contributed by atoms with Crippen molar-refractivity contribution in [2.75, 3.05) is 0 Å². The van der Waals surface area contributed by atoms with E-state index < -0.39 is 0 Å². The van der Waals surface area contributed by atoms with Crippen LogP contribution in [0.15, 0.2) is 30.9 Å². The molecule has 2 aliphatic rings. The van der Waals surface area contributed by atoms with E-state index in [1.807, 2.05) is 6.92 Å². The van der Waals surface area contributed by atoms with Crippen molar-refractivity contribution in [3.8, 4) is 11.1 Å². The summed E-state index contributed by atoms with van der Waals surface area (Å²) >= 11 is 0. The van der Waals surface area contributed by atoms with E-state index in [0.29, 0.717) is 6.42 Å². The van der Waals surface area contributed by atoms with Crippen molar-refractivity contribution in [3.63, 3.8) is 0 Å². The van der Waals surface area contributed by atoms with Crippen LogP contribution in [0.1, 0.15) is 19.8 Å². The first kappa shape index (κ1) is 12.1. The van der Waals surface area contributed by atoms with Crippen LogP contribution in [0.5, 0.6) is 0 Å². The molecular formula is C12H13NO3. The number of fused-ring (bicyclic) bond motifs is 1. The highest BCUT2D eigenvalue weighted by Gasteiger charge is 2.24. The molecule has 0 aromatic heterocycles. The number of rotatable bonds is 4. The molecule has 0 fully saturated rings. The summed E-state index contributed by atoms with van der Waals surface area (Å²) < 4.78 is 0. The molecule has 0 N–H and O–H groups in total. The van der Waals surface area contributed by atoms with Gasteiger partial charge >= 0.3 is 0 Å². The Bertz CT molecular complexity index is 438. The van der Waals surface area contributed by atoms with E-state index >= 15 is 0 Å². The van der Waals surface area contributed by atoms with Gasteiger partial charge in [-0.1, -0.05) is 13.5 Å². The Hall–Kier alpha value is -1.97. The van der Waals surface area contributed by atoms with Crippen molar-refractivity contribution >= 4 is 11.5 Å². The lowest BCUT2D eigenvalue weighted by molar-refractivity contribution is -0.383. The second-order valence-corrected chi connectivity index (χ2v) is 3.41. The molecule has 16 heavy (non-hydrogen) atoms. The number of carbonyl (C=O) groups excluding carboxylic acids is 1. The molecule has 0 atom stereocenters. The van der Waals surface area contributed by atoms with Gasteiger partial charge in [-0.2, -0.15) is 0 Å². The molecule has 2 rings (SSSR count). The standard InChI is InChI=1S/C6H3NO2.C6H10O/c8-7(9)6-2-1-4-3-5(4)6;1-3-5-6(7)4-2/h1-3H;4H,2-3,5H2,1H3. The molecule has 0 aromatic rings. The van der Waals surface area contributed by atoms with Gasteiger partial charge in [0, 0.05) is 12.5 Å². The van der Waals surface area contributed by atoms with Crippen LogP contribution in [0.3, 0.4) is 0 Å². The lowest BCUT2D eigenvalue weighted by atomic mass is 10.2. The quantitative estimate of drug-likeness (QED) is 0.451. The zero-order chi connectivity index (χ0) is 12.1.